The molecule has 3 aromatic carbocycles. The van der Waals surface area contributed by atoms with Gasteiger partial charge in [0.05, 0.1) is 11.6 Å². The van der Waals surface area contributed by atoms with Gasteiger partial charge in [0.15, 0.2) is 18.1 Å². The van der Waals surface area contributed by atoms with Crippen molar-refractivity contribution in [2.24, 2.45) is 0 Å². The normalized spacial score (nSPS) is 10.5. The average molecular weight is 473 g/mol. The van der Waals surface area contributed by atoms with E-state index in [2.05, 4.69) is 10.6 Å². The summed E-state index contributed by atoms with van der Waals surface area (Å²) in [6, 6.07) is 17.0. The Kier molecular flexibility index (Phi) is 8.26. The van der Waals surface area contributed by atoms with E-state index in [0.717, 1.165) is 22.4 Å². The van der Waals surface area contributed by atoms with Crippen molar-refractivity contribution in [3.8, 4) is 11.5 Å². The molecule has 32 heavy (non-hydrogen) atoms. The second kappa shape index (κ2) is 11.1. The van der Waals surface area contributed by atoms with Crippen LogP contribution >= 0.6 is 23.2 Å². The highest BCUT2D eigenvalue weighted by Gasteiger charge is 2.15. The van der Waals surface area contributed by atoms with Crippen molar-refractivity contribution < 1.29 is 14.3 Å². The SMILES string of the molecule is CCOc1cc(CNc2ccc(C)c(Cl)c2)cc(Cl)c1OCC(=O)Nc1ccc(C)cc1. The van der Waals surface area contributed by atoms with E-state index in [1.165, 1.54) is 0 Å². The van der Waals surface area contributed by atoms with E-state index in [4.69, 9.17) is 32.7 Å². The van der Waals surface area contributed by atoms with Crippen LogP contribution in [-0.2, 0) is 11.3 Å². The van der Waals surface area contributed by atoms with E-state index in [1.54, 1.807) is 6.07 Å². The lowest BCUT2D eigenvalue weighted by molar-refractivity contribution is -0.118. The number of benzene rings is 3. The topological polar surface area (TPSA) is 59.6 Å². The standard InChI is InChI=1S/C25H26Cl2N2O3/c1-4-31-23-12-18(14-28-20-10-7-17(3)21(26)13-20)11-22(27)25(23)32-15-24(30)29-19-8-5-16(2)6-9-19/h5-13,28H,4,14-15H2,1-3H3,(H,29,30). The van der Waals surface area contributed by atoms with Crippen molar-refractivity contribution in [3.63, 3.8) is 0 Å². The third-order valence-electron chi connectivity index (χ3n) is 4.72. The molecular weight excluding hydrogens is 447 g/mol. The Balaban J connectivity index is 1.66. The van der Waals surface area contributed by atoms with Crippen molar-refractivity contribution in [2.45, 2.75) is 27.3 Å². The summed E-state index contributed by atoms with van der Waals surface area (Å²) in [5, 5.41) is 7.20. The van der Waals surface area contributed by atoms with Crippen LogP contribution in [0.15, 0.2) is 54.6 Å². The van der Waals surface area contributed by atoms with E-state index in [9.17, 15) is 4.79 Å². The molecule has 0 aromatic heterocycles. The van der Waals surface area contributed by atoms with Crippen LogP contribution in [0.4, 0.5) is 11.4 Å². The first-order valence-corrected chi connectivity index (χ1v) is 11.1. The second-order valence-corrected chi connectivity index (χ2v) is 8.17. The Morgan fingerprint density at radius 3 is 2.31 bits per heavy atom. The first-order chi connectivity index (χ1) is 15.4. The number of carbonyl (C=O) groups excluding carboxylic acids is 1. The van der Waals surface area contributed by atoms with Crippen LogP contribution in [0.2, 0.25) is 10.0 Å². The van der Waals surface area contributed by atoms with Crippen LogP contribution in [0.25, 0.3) is 0 Å². The Morgan fingerprint density at radius 1 is 0.906 bits per heavy atom. The minimum Gasteiger partial charge on any atom is -0.490 e. The van der Waals surface area contributed by atoms with Gasteiger partial charge in [0.25, 0.3) is 5.91 Å². The number of halogens is 2. The van der Waals surface area contributed by atoms with Gasteiger partial charge in [-0.05, 0) is 68.3 Å². The number of carbonyl (C=O) groups is 1. The largest absolute Gasteiger partial charge is 0.490 e. The molecule has 5 nitrogen and oxygen atoms in total. The van der Waals surface area contributed by atoms with E-state index < -0.39 is 0 Å². The van der Waals surface area contributed by atoms with Crippen LogP contribution in [-0.4, -0.2) is 19.1 Å². The Labute approximate surface area is 198 Å². The Hall–Kier alpha value is -2.89. The van der Waals surface area contributed by atoms with Gasteiger partial charge >= 0.3 is 0 Å². The van der Waals surface area contributed by atoms with E-state index in [-0.39, 0.29) is 12.5 Å². The first kappa shape index (κ1) is 23.8. The van der Waals surface area contributed by atoms with E-state index in [1.807, 2.05) is 69.3 Å². The molecule has 3 rings (SSSR count). The summed E-state index contributed by atoms with van der Waals surface area (Å²) in [7, 11) is 0. The highest BCUT2D eigenvalue weighted by molar-refractivity contribution is 6.32. The fourth-order valence-corrected chi connectivity index (χ4v) is 3.47. The summed E-state index contributed by atoms with van der Waals surface area (Å²) in [4.78, 5) is 12.3. The minimum atomic E-state index is -0.283. The fourth-order valence-electron chi connectivity index (χ4n) is 3.01. The molecule has 7 heteroatoms. The number of nitrogens with one attached hydrogen (secondary N) is 2. The van der Waals surface area contributed by atoms with Gasteiger partial charge in [-0.3, -0.25) is 4.79 Å². The lowest BCUT2D eigenvalue weighted by Gasteiger charge is -2.16. The number of ether oxygens (including phenoxy) is 2. The maximum Gasteiger partial charge on any atom is 0.262 e. The summed E-state index contributed by atoms with van der Waals surface area (Å²) in [5.74, 6) is 0.547. The number of amides is 1. The Bertz CT molecular complexity index is 1090. The molecule has 0 atom stereocenters. The van der Waals surface area contributed by atoms with Gasteiger partial charge in [0, 0.05) is 22.9 Å². The van der Waals surface area contributed by atoms with Gasteiger partial charge in [-0.25, -0.2) is 0 Å². The van der Waals surface area contributed by atoms with Gasteiger partial charge in [-0.15, -0.1) is 0 Å². The monoisotopic (exact) mass is 472 g/mol. The molecule has 168 valence electrons. The molecule has 0 saturated carbocycles. The zero-order valence-corrected chi connectivity index (χ0v) is 19.8. The van der Waals surface area contributed by atoms with Crippen LogP contribution in [0, 0.1) is 13.8 Å². The minimum absolute atomic E-state index is 0.187. The maximum atomic E-state index is 12.3. The number of anilines is 2. The molecular formula is C25H26Cl2N2O3. The van der Waals surface area contributed by atoms with Crippen molar-refractivity contribution in [3.05, 3.63) is 81.3 Å². The zero-order valence-electron chi connectivity index (χ0n) is 18.3. The molecule has 1 amide bonds. The van der Waals surface area contributed by atoms with Crippen LogP contribution in [0.5, 0.6) is 11.5 Å². The van der Waals surface area contributed by atoms with Gasteiger partial charge in [-0.2, -0.15) is 0 Å². The summed E-state index contributed by atoms with van der Waals surface area (Å²) in [5.41, 5.74) is 4.66. The maximum absolute atomic E-state index is 12.3. The number of hydrogen-bond acceptors (Lipinski definition) is 4. The lowest BCUT2D eigenvalue weighted by Crippen LogP contribution is -2.20. The average Bonchev–Trinajstić information content (AvgIpc) is 2.76. The van der Waals surface area contributed by atoms with E-state index >= 15 is 0 Å². The summed E-state index contributed by atoms with van der Waals surface area (Å²) in [6.45, 7) is 6.59. The van der Waals surface area contributed by atoms with Crippen LogP contribution in [0.3, 0.4) is 0 Å². The smallest absolute Gasteiger partial charge is 0.262 e. The van der Waals surface area contributed by atoms with Gasteiger partial charge < -0.3 is 20.1 Å². The summed E-state index contributed by atoms with van der Waals surface area (Å²) >= 11 is 12.7. The molecule has 0 unspecified atom stereocenters. The molecule has 0 aliphatic heterocycles. The van der Waals surface area contributed by atoms with Gasteiger partial charge in [0.1, 0.15) is 0 Å². The van der Waals surface area contributed by atoms with Crippen molar-refractivity contribution in [1.29, 1.82) is 0 Å². The van der Waals surface area contributed by atoms with Gasteiger partial charge in [0.2, 0.25) is 0 Å². The predicted octanol–water partition coefficient (Wildman–Crippen LogP) is 6.64. The molecule has 0 bridgehead atoms. The quantitative estimate of drug-likeness (QED) is 0.366. The highest BCUT2D eigenvalue weighted by atomic mass is 35.5. The van der Waals surface area contributed by atoms with Crippen LogP contribution < -0.4 is 20.1 Å². The molecule has 0 fully saturated rings. The zero-order chi connectivity index (χ0) is 23.1. The van der Waals surface area contributed by atoms with Crippen molar-refractivity contribution in [2.75, 3.05) is 23.8 Å². The molecule has 0 aliphatic rings. The molecule has 0 saturated heterocycles. The third kappa shape index (κ3) is 6.55. The van der Waals surface area contributed by atoms with Crippen molar-refractivity contribution >= 4 is 40.5 Å². The molecule has 2 N–H and O–H groups in total. The summed E-state index contributed by atoms with van der Waals surface area (Å²) in [6.07, 6.45) is 0. The fraction of sp³-hybridized carbons (Fsp3) is 0.240. The Morgan fingerprint density at radius 2 is 1.62 bits per heavy atom. The lowest BCUT2D eigenvalue weighted by atomic mass is 10.1. The number of aryl methyl sites for hydroxylation is 2. The van der Waals surface area contributed by atoms with Crippen molar-refractivity contribution in [1.82, 2.24) is 0 Å². The highest BCUT2D eigenvalue weighted by Crippen LogP contribution is 2.37. The second-order valence-electron chi connectivity index (χ2n) is 7.36. The molecule has 0 spiro atoms. The van der Waals surface area contributed by atoms with Crippen LogP contribution in [0.1, 0.15) is 23.6 Å². The van der Waals surface area contributed by atoms with E-state index in [0.29, 0.717) is 40.4 Å². The number of hydrogen-bond donors (Lipinski definition) is 2. The number of rotatable bonds is 9. The predicted molar refractivity (Wildman–Crippen MR) is 131 cm³/mol. The molecule has 0 heterocycles. The molecule has 3 aromatic rings. The molecule has 0 radical (unpaired) electrons. The first-order valence-electron chi connectivity index (χ1n) is 10.3. The van der Waals surface area contributed by atoms with Gasteiger partial charge in [-0.1, -0.05) is 47.0 Å². The summed E-state index contributed by atoms with van der Waals surface area (Å²) < 4.78 is 11.4. The third-order valence-corrected chi connectivity index (χ3v) is 5.41. The molecule has 0 aliphatic carbocycles.